The molecule has 2 atom stereocenters. The molecule has 1 aliphatic rings. The number of nitrogens with zero attached hydrogens (tertiary/aromatic N) is 1. The molecule has 0 bridgehead atoms. The highest BCUT2D eigenvalue weighted by atomic mass is 79.9. The Hall–Kier alpha value is -0.590. The number of sulfone groups is 1. The van der Waals surface area contributed by atoms with Crippen LogP contribution in [0.5, 0.6) is 0 Å². The Morgan fingerprint density at radius 1 is 1.44 bits per heavy atom. The van der Waals surface area contributed by atoms with E-state index < -0.39 is 15.1 Å². The van der Waals surface area contributed by atoms with E-state index in [9.17, 15) is 8.42 Å². The standard InChI is InChI=1S/C12H17BrN2O2S/c1-8-11(5-6-14)18(16,17)12-4-3-9(13)7-10(12)15(8)2/h3-4,7-8,11H,5-6,14H2,1-2H3. The zero-order valence-electron chi connectivity index (χ0n) is 10.4. The SMILES string of the molecule is CC1C(CCN)S(=O)(=O)c2ccc(Br)cc2N1C. The second-order valence-electron chi connectivity index (χ2n) is 4.62. The number of hydrogen-bond donors (Lipinski definition) is 1. The van der Waals surface area contributed by atoms with Gasteiger partial charge in [-0.2, -0.15) is 0 Å². The number of nitrogens with two attached hydrogens (primary N) is 1. The van der Waals surface area contributed by atoms with Crippen molar-refractivity contribution in [1.29, 1.82) is 0 Å². The number of halogens is 1. The first-order chi connectivity index (χ1) is 8.39. The molecule has 1 aromatic carbocycles. The van der Waals surface area contributed by atoms with Crippen LogP contribution >= 0.6 is 15.9 Å². The van der Waals surface area contributed by atoms with Crippen molar-refractivity contribution < 1.29 is 8.42 Å². The maximum Gasteiger partial charge on any atom is 0.185 e. The van der Waals surface area contributed by atoms with Crippen LogP contribution in [-0.4, -0.2) is 33.3 Å². The van der Waals surface area contributed by atoms with E-state index in [1.54, 1.807) is 12.1 Å². The van der Waals surface area contributed by atoms with Crippen LogP contribution in [0.4, 0.5) is 5.69 Å². The average molecular weight is 333 g/mol. The van der Waals surface area contributed by atoms with Gasteiger partial charge in [0.1, 0.15) is 0 Å². The molecule has 0 saturated carbocycles. The fourth-order valence-electron chi connectivity index (χ4n) is 2.46. The van der Waals surface area contributed by atoms with Gasteiger partial charge in [0.05, 0.1) is 15.8 Å². The summed E-state index contributed by atoms with van der Waals surface area (Å²) in [6, 6.07) is 5.21. The Morgan fingerprint density at radius 3 is 2.72 bits per heavy atom. The number of benzene rings is 1. The van der Waals surface area contributed by atoms with E-state index in [2.05, 4.69) is 15.9 Å². The number of rotatable bonds is 2. The minimum Gasteiger partial charge on any atom is -0.369 e. The fraction of sp³-hybridized carbons (Fsp3) is 0.500. The summed E-state index contributed by atoms with van der Waals surface area (Å²) in [7, 11) is -1.36. The van der Waals surface area contributed by atoms with Gasteiger partial charge in [0.2, 0.25) is 0 Å². The van der Waals surface area contributed by atoms with Crippen LogP contribution in [0, 0.1) is 0 Å². The molecule has 1 aliphatic heterocycles. The van der Waals surface area contributed by atoms with Crippen molar-refractivity contribution >= 4 is 31.5 Å². The first kappa shape index (κ1) is 13.8. The molecule has 0 aromatic heterocycles. The normalized spacial score (nSPS) is 25.9. The Bertz CT molecular complexity index is 559. The molecule has 1 aromatic rings. The van der Waals surface area contributed by atoms with Crippen LogP contribution < -0.4 is 10.6 Å². The van der Waals surface area contributed by atoms with Crippen LogP contribution in [0.25, 0.3) is 0 Å². The Morgan fingerprint density at radius 2 is 2.11 bits per heavy atom. The Balaban J connectivity index is 2.62. The second kappa shape index (κ2) is 4.83. The summed E-state index contributed by atoms with van der Waals surface area (Å²) in [6.45, 7) is 2.32. The lowest BCUT2D eigenvalue weighted by Gasteiger charge is -2.39. The van der Waals surface area contributed by atoms with Crippen molar-refractivity contribution in [2.45, 2.75) is 29.5 Å². The van der Waals surface area contributed by atoms with Gasteiger partial charge in [0.25, 0.3) is 0 Å². The predicted octanol–water partition coefficient (Wildman–Crippen LogP) is 1.78. The van der Waals surface area contributed by atoms with Gasteiger partial charge < -0.3 is 10.6 Å². The first-order valence-electron chi connectivity index (χ1n) is 5.86. The van der Waals surface area contributed by atoms with Crippen LogP contribution in [-0.2, 0) is 9.84 Å². The van der Waals surface area contributed by atoms with Crippen molar-refractivity contribution in [3.63, 3.8) is 0 Å². The third-order valence-corrected chi connectivity index (χ3v) is 6.48. The summed E-state index contributed by atoms with van der Waals surface area (Å²) in [5.41, 5.74) is 6.30. The highest BCUT2D eigenvalue weighted by Crippen LogP contribution is 2.38. The first-order valence-corrected chi connectivity index (χ1v) is 8.20. The Kier molecular flexibility index (Phi) is 3.71. The van der Waals surface area contributed by atoms with Crippen molar-refractivity contribution in [2.75, 3.05) is 18.5 Å². The summed E-state index contributed by atoms with van der Waals surface area (Å²) >= 11 is 3.38. The fourth-order valence-corrected chi connectivity index (χ4v) is 5.03. The molecule has 0 saturated heterocycles. The lowest BCUT2D eigenvalue weighted by atomic mass is 10.1. The molecule has 2 rings (SSSR count). The lowest BCUT2D eigenvalue weighted by Crippen LogP contribution is -2.48. The van der Waals surface area contributed by atoms with E-state index in [1.165, 1.54) is 0 Å². The molecule has 6 heteroatoms. The second-order valence-corrected chi connectivity index (χ2v) is 7.68. The van der Waals surface area contributed by atoms with Crippen molar-refractivity contribution in [2.24, 2.45) is 5.73 Å². The zero-order chi connectivity index (χ0) is 13.5. The molecular weight excluding hydrogens is 316 g/mol. The maximum absolute atomic E-state index is 12.6. The molecule has 0 aliphatic carbocycles. The van der Waals surface area contributed by atoms with Crippen LogP contribution in [0.15, 0.2) is 27.6 Å². The smallest absolute Gasteiger partial charge is 0.185 e. The summed E-state index contributed by atoms with van der Waals surface area (Å²) in [6.07, 6.45) is 0.489. The van der Waals surface area contributed by atoms with Gasteiger partial charge >= 0.3 is 0 Å². The van der Waals surface area contributed by atoms with Gasteiger partial charge in [-0.1, -0.05) is 15.9 Å². The average Bonchev–Trinajstić information content (AvgIpc) is 2.32. The van der Waals surface area contributed by atoms with Crippen molar-refractivity contribution in [3.05, 3.63) is 22.7 Å². The number of hydrogen-bond acceptors (Lipinski definition) is 4. The van der Waals surface area contributed by atoms with Gasteiger partial charge in [0, 0.05) is 17.6 Å². The molecule has 100 valence electrons. The van der Waals surface area contributed by atoms with E-state index in [0.717, 1.165) is 10.2 Å². The molecule has 2 unspecified atom stereocenters. The summed E-state index contributed by atoms with van der Waals surface area (Å²) in [5.74, 6) is 0. The van der Waals surface area contributed by atoms with E-state index in [4.69, 9.17) is 5.73 Å². The lowest BCUT2D eigenvalue weighted by molar-refractivity contribution is 0.524. The third kappa shape index (κ3) is 2.06. The van der Waals surface area contributed by atoms with Gasteiger partial charge in [-0.05, 0) is 38.1 Å². The highest BCUT2D eigenvalue weighted by molar-refractivity contribution is 9.10. The minimum atomic E-state index is -3.29. The summed E-state index contributed by atoms with van der Waals surface area (Å²) in [5, 5.41) is -0.429. The monoisotopic (exact) mass is 332 g/mol. The molecule has 0 amide bonds. The van der Waals surface area contributed by atoms with Gasteiger partial charge in [0.15, 0.2) is 9.84 Å². The third-order valence-electron chi connectivity index (χ3n) is 3.61. The number of fused-ring (bicyclic) bond motifs is 1. The molecular formula is C12H17BrN2O2S. The van der Waals surface area contributed by atoms with E-state index in [0.29, 0.717) is 17.9 Å². The van der Waals surface area contributed by atoms with Crippen LogP contribution in [0.3, 0.4) is 0 Å². The summed E-state index contributed by atoms with van der Waals surface area (Å²) < 4.78 is 26.0. The summed E-state index contributed by atoms with van der Waals surface area (Å²) in [4.78, 5) is 2.42. The van der Waals surface area contributed by atoms with Crippen LogP contribution in [0.2, 0.25) is 0 Å². The maximum atomic E-state index is 12.6. The molecule has 0 radical (unpaired) electrons. The zero-order valence-corrected chi connectivity index (χ0v) is 12.8. The molecule has 1 heterocycles. The minimum absolute atomic E-state index is 0.0691. The van der Waals surface area contributed by atoms with Crippen molar-refractivity contribution in [3.8, 4) is 0 Å². The molecule has 0 fully saturated rings. The largest absolute Gasteiger partial charge is 0.369 e. The van der Waals surface area contributed by atoms with Gasteiger partial charge in [-0.15, -0.1) is 0 Å². The van der Waals surface area contributed by atoms with E-state index >= 15 is 0 Å². The molecule has 2 N–H and O–H groups in total. The van der Waals surface area contributed by atoms with Gasteiger partial charge in [-0.25, -0.2) is 8.42 Å². The highest BCUT2D eigenvalue weighted by Gasteiger charge is 2.40. The van der Waals surface area contributed by atoms with Crippen molar-refractivity contribution in [1.82, 2.24) is 0 Å². The van der Waals surface area contributed by atoms with E-state index in [-0.39, 0.29) is 6.04 Å². The predicted molar refractivity (Wildman–Crippen MR) is 76.7 cm³/mol. The molecule has 4 nitrogen and oxygen atoms in total. The molecule has 18 heavy (non-hydrogen) atoms. The van der Waals surface area contributed by atoms with Gasteiger partial charge in [-0.3, -0.25) is 0 Å². The van der Waals surface area contributed by atoms with E-state index in [1.807, 2.05) is 24.9 Å². The molecule has 0 spiro atoms. The number of anilines is 1. The quantitative estimate of drug-likeness (QED) is 0.896. The van der Waals surface area contributed by atoms with Crippen LogP contribution in [0.1, 0.15) is 13.3 Å². The Labute approximate surface area is 116 Å². The topological polar surface area (TPSA) is 63.4 Å².